The molecule has 16 heavy (non-hydrogen) atoms. The van der Waals surface area contributed by atoms with Gasteiger partial charge in [-0.3, -0.25) is 0 Å². The van der Waals surface area contributed by atoms with Crippen molar-refractivity contribution in [3.8, 4) is 0 Å². The van der Waals surface area contributed by atoms with Gasteiger partial charge in [-0.05, 0) is 55.0 Å². The summed E-state index contributed by atoms with van der Waals surface area (Å²) in [5.41, 5.74) is 9.36. The summed E-state index contributed by atoms with van der Waals surface area (Å²) in [6.07, 6.45) is 5.02. The average molecular weight is 221 g/mol. The van der Waals surface area contributed by atoms with Gasteiger partial charge in [0.1, 0.15) is 5.82 Å². The van der Waals surface area contributed by atoms with Gasteiger partial charge in [0, 0.05) is 6.04 Å². The summed E-state index contributed by atoms with van der Waals surface area (Å²) < 4.78 is 13.2. The van der Waals surface area contributed by atoms with Crippen LogP contribution in [0.15, 0.2) is 12.1 Å². The van der Waals surface area contributed by atoms with Gasteiger partial charge < -0.3 is 5.73 Å². The van der Waals surface area contributed by atoms with Crippen LogP contribution in [0.3, 0.4) is 0 Å². The fraction of sp³-hybridized carbons (Fsp3) is 0.571. The van der Waals surface area contributed by atoms with Crippen molar-refractivity contribution < 1.29 is 4.39 Å². The van der Waals surface area contributed by atoms with Crippen LogP contribution in [0.5, 0.6) is 0 Å². The van der Waals surface area contributed by atoms with Gasteiger partial charge >= 0.3 is 0 Å². The average Bonchev–Trinajstić information content (AvgIpc) is 2.09. The van der Waals surface area contributed by atoms with Crippen molar-refractivity contribution in [3.05, 3.63) is 34.6 Å². The second-order valence-electron chi connectivity index (χ2n) is 5.09. The highest BCUT2D eigenvalue weighted by Crippen LogP contribution is 2.35. The molecule has 0 spiro atoms. The smallest absolute Gasteiger partial charge is 0.123 e. The van der Waals surface area contributed by atoms with E-state index in [4.69, 9.17) is 5.73 Å². The summed E-state index contributed by atoms with van der Waals surface area (Å²) in [7, 11) is 0. The highest BCUT2D eigenvalue weighted by Gasteiger charge is 2.22. The molecule has 1 aliphatic carbocycles. The summed E-state index contributed by atoms with van der Waals surface area (Å²) in [5, 5.41) is 0. The van der Waals surface area contributed by atoms with Crippen molar-refractivity contribution in [2.75, 3.05) is 0 Å². The molecule has 1 atom stereocenters. The molecule has 1 unspecified atom stereocenters. The van der Waals surface area contributed by atoms with E-state index < -0.39 is 0 Å². The van der Waals surface area contributed by atoms with E-state index in [1.54, 1.807) is 12.1 Å². The van der Waals surface area contributed by atoms with Crippen molar-refractivity contribution in [2.24, 2.45) is 11.7 Å². The first kappa shape index (κ1) is 11.6. The second-order valence-corrected chi connectivity index (χ2v) is 5.09. The van der Waals surface area contributed by atoms with Crippen molar-refractivity contribution in [2.45, 2.75) is 45.6 Å². The highest BCUT2D eigenvalue weighted by molar-refractivity contribution is 5.36. The minimum atomic E-state index is -0.158. The highest BCUT2D eigenvalue weighted by atomic mass is 19.1. The Morgan fingerprint density at radius 1 is 1.31 bits per heavy atom. The first-order chi connectivity index (χ1) is 7.58. The van der Waals surface area contributed by atoms with Gasteiger partial charge in [-0.1, -0.05) is 19.3 Å². The van der Waals surface area contributed by atoms with Crippen LogP contribution in [0.1, 0.15) is 48.4 Å². The minimum Gasteiger partial charge on any atom is -0.324 e. The van der Waals surface area contributed by atoms with Gasteiger partial charge in [0.15, 0.2) is 0 Å². The lowest BCUT2D eigenvalue weighted by molar-refractivity contribution is 0.277. The van der Waals surface area contributed by atoms with Gasteiger partial charge in [0.2, 0.25) is 0 Å². The summed E-state index contributed by atoms with van der Waals surface area (Å²) in [4.78, 5) is 0. The van der Waals surface area contributed by atoms with Crippen molar-refractivity contribution in [1.29, 1.82) is 0 Å². The number of halogens is 1. The fourth-order valence-electron chi connectivity index (χ4n) is 2.71. The third-order valence-corrected chi connectivity index (χ3v) is 3.74. The maximum Gasteiger partial charge on any atom is 0.123 e. The van der Waals surface area contributed by atoms with Crippen LogP contribution in [-0.4, -0.2) is 0 Å². The largest absolute Gasteiger partial charge is 0.324 e. The molecule has 1 nitrogen and oxygen atoms in total. The quantitative estimate of drug-likeness (QED) is 0.828. The van der Waals surface area contributed by atoms with Gasteiger partial charge in [0.25, 0.3) is 0 Å². The normalized spacial score (nSPS) is 18.2. The molecule has 88 valence electrons. The number of hydrogen-bond acceptors (Lipinski definition) is 1. The zero-order valence-electron chi connectivity index (χ0n) is 10.1. The molecule has 1 aromatic carbocycles. The maximum atomic E-state index is 13.2. The Labute approximate surface area is 96.9 Å². The Kier molecular flexibility index (Phi) is 3.29. The van der Waals surface area contributed by atoms with E-state index >= 15 is 0 Å². The van der Waals surface area contributed by atoms with Gasteiger partial charge in [-0.15, -0.1) is 0 Å². The van der Waals surface area contributed by atoms with Crippen molar-refractivity contribution >= 4 is 0 Å². The van der Waals surface area contributed by atoms with Gasteiger partial charge in [-0.25, -0.2) is 4.39 Å². The number of nitrogens with two attached hydrogens (primary N) is 1. The van der Waals surface area contributed by atoms with E-state index in [9.17, 15) is 4.39 Å². The Balaban J connectivity index is 2.17. The topological polar surface area (TPSA) is 26.0 Å². The number of aryl methyl sites for hydroxylation is 2. The first-order valence-electron chi connectivity index (χ1n) is 6.10. The monoisotopic (exact) mass is 221 g/mol. The standard InChI is InChI=1S/C14H20FN/c1-9-6-12(15)7-10(2)14(9)13(16)8-11-4-3-5-11/h6-7,11,13H,3-5,8,16H2,1-2H3. The van der Waals surface area contributed by atoms with Crippen molar-refractivity contribution in [3.63, 3.8) is 0 Å². The van der Waals surface area contributed by atoms with Crippen LogP contribution in [0.2, 0.25) is 0 Å². The van der Waals surface area contributed by atoms with E-state index in [1.165, 1.54) is 19.3 Å². The predicted octanol–water partition coefficient (Wildman–Crippen LogP) is 3.63. The molecule has 2 rings (SSSR count). The van der Waals surface area contributed by atoms with Crippen LogP contribution in [-0.2, 0) is 0 Å². The molecule has 1 aliphatic rings. The van der Waals surface area contributed by atoms with E-state index in [1.807, 2.05) is 13.8 Å². The lowest BCUT2D eigenvalue weighted by Gasteiger charge is -2.29. The van der Waals surface area contributed by atoms with Gasteiger partial charge in [0.05, 0.1) is 0 Å². The molecular weight excluding hydrogens is 201 g/mol. The molecule has 2 heteroatoms. The van der Waals surface area contributed by atoms with Crippen LogP contribution in [0.25, 0.3) is 0 Å². The predicted molar refractivity (Wildman–Crippen MR) is 64.8 cm³/mol. The fourth-order valence-corrected chi connectivity index (χ4v) is 2.71. The molecule has 0 bridgehead atoms. The van der Waals surface area contributed by atoms with E-state index in [0.29, 0.717) is 0 Å². The lowest BCUT2D eigenvalue weighted by Crippen LogP contribution is -2.21. The van der Waals surface area contributed by atoms with Crippen LogP contribution in [0, 0.1) is 25.6 Å². The Morgan fingerprint density at radius 3 is 2.31 bits per heavy atom. The summed E-state index contributed by atoms with van der Waals surface area (Å²) >= 11 is 0. The Morgan fingerprint density at radius 2 is 1.88 bits per heavy atom. The molecule has 2 N–H and O–H groups in total. The van der Waals surface area contributed by atoms with E-state index in [2.05, 4.69) is 0 Å². The molecule has 1 aromatic rings. The summed E-state index contributed by atoms with van der Waals surface area (Å²) in [6.45, 7) is 3.90. The number of rotatable bonds is 3. The van der Waals surface area contributed by atoms with Crippen LogP contribution < -0.4 is 5.73 Å². The zero-order chi connectivity index (χ0) is 11.7. The Hall–Kier alpha value is -0.890. The molecule has 0 amide bonds. The molecule has 0 aromatic heterocycles. The number of benzene rings is 1. The third-order valence-electron chi connectivity index (χ3n) is 3.74. The van der Waals surface area contributed by atoms with Gasteiger partial charge in [-0.2, -0.15) is 0 Å². The molecule has 1 fully saturated rings. The maximum absolute atomic E-state index is 13.2. The molecular formula is C14H20FN. The zero-order valence-corrected chi connectivity index (χ0v) is 10.1. The Bertz CT molecular complexity index is 359. The van der Waals surface area contributed by atoms with Crippen LogP contribution >= 0.6 is 0 Å². The SMILES string of the molecule is Cc1cc(F)cc(C)c1C(N)CC1CCC1. The molecule has 0 heterocycles. The third kappa shape index (κ3) is 2.27. The van der Waals surface area contributed by atoms with Crippen molar-refractivity contribution in [1.82, 2.24) is 0 Å². The molecule has 0 radical (unpaired) electrons. The summed E-state index contributed by atoms with van der Waals surface area (Å²) in [5.74, 6) is 0.633. The summed E-state index contributed by atoms with van der Waals surface area (Å²) in [6, 6.07) is 3.25. The second kappa shape index (κ2) is 4.54. The minimum absolute atomic E-state index is 0.0749. The lowest BCUT2D eigenvalue weighted by atomic mass is 9.79. The van der Waals surface area contributed by atoms with E-state index in [-0.39, 0.29) is 11.9 Å². The number of hydrogen-bond donors (Lipinski definition) is 1. The first-order valence-corrected chi connectivity index (χ1v) is 6.10. The van der Waals surface area contributed by atoms with E-state index in [0.717, 1.165) is 29.0 Å². The van der Waals surface area contributed by atoms with Crippen LogP contribution in [0.4, 0.5) is 4.39 Å². The molecule has 0 aliphatic heterocycles. The molecule has 0 saturated heterocycles. The molecule has 1 saturated carbocycles.